The number of carboxylic acids is 1. The molecular formula is C20H40O4. The van der Waals surface area contributed by atoms with E-state index < -0.39 is 12.3 Å². The Morgan fingerprint density at radius 1 is 0.708 bits per heavy atom. The number of aliphatic carboxylic acids is 1. The molecule has 0 heterocycles. The minimum atomic E-state index is -1.10. The summed E-state index contributed by atoms with van der Waals surface area (Å²) >= 11 is 0. The van der Waals surface area contributed by atoms with Crippen molar-refractivity contribution in [2.45, 2.75) is 110 Å². The van der Waals surface area contributed by atoms with Crippen molar-refractivity contribution in [3.8, 4) is 0 Å². The second-order valence-electron chi connectivity index (χ2n) is 6.59. The van der Waals surface area contributed by atoms with Crippen LogP contribution in [0, 0.1) is 0 Å². The monoisotopic (exact) mass is 344 g/mol. The third-order valence-electron chi connectivity index (χ3n) is 4.29. The lowest BCUT2D eigenvalue weighted by atomic mass is 10.0. The van der Waals surface area contributed by atoms with Crippen LogP contribution in [-0.4, -0.2) is 30.6 Å². The number of hydrogen-bond acceptors (Lipinski definition) is 3. The van der Waals surface area contributed by atoms with Crippen molar-refractivity contribution in [3.63, 3.8) is 0 Å². The number of ether oxygens (including phenoxy) is 2. The van der Waals surface area contributed by atoms with Gasteiger partial charge in [0, 0.05) is 6.61 Å². The van der Waals surface area contributed by atoms with Crippen molar-refractivity contribution in [2.75, 3.05) is 13.2 Å². The molecule has 4 nitrogen and oxygen atoms in total. The number of unbranched alkanes of at least 4 members (excludes halogenated alkanes) is 13. The third kappa shape index (κ3) is 16.3. The van der Waals surface area contributed by atoms with Crippen LogP contribution >= 0.6 is 0 Å². The van der Waals surface area contributed by atoms with Crippen molar-refractivity contribution in [2.24, 2.45) is 0 Å². The summed E-state index contributed by atoms with van der Waals surface area (Å²) in [4.78, 5) is 10.8. The summed E-state index contributed by atoms with van der Waals surface area (Å²) in [6, 6.07) is 0. The van der Waals surface area contributed by atoms with Crippen molar-refractivity contribution in [3.05, 3.63) is 0 Å². The first-order chi connectivity index (χ1) is 11.7. The average molecular weight is 345 g/mol. The van der Waals surface area contributed by atoms with Crippen LogP contribution in [-0.2, 0) is 14.3 Å². The Kier molecular flexibility index (Phi) is 18.2. The summed E-state index contributed by atoms with van der Waals surface area (Å²) in [5.74, 6) is -1.04. The first kappa shape index (κ1) is 23.4. The van der Waals surface area contributed by atoms with Gasteiger partial charge in [-0.3, -0.25) is 0 Å². The molecule has 24 heavy (non-hydrogen) atoms. The van der Waals surface area contributed by atoms with E-state index in [-0.39, 0.29) is 0 Å². The molecule has 4 heteroatoms. The van der Waals surface area contributed by atoms with Gasteiger partial charge < -0.3 is 14.6 Å². The average Bonchev–Trinajstić information content (AvgIpc) is 2.57. The maximum atomic E-state index is 10.8. The van der Waals surface area contributed by atoms with E-state index in [1.807, 2.05) is 0 Å². The molecule has 144 valence electrons. The van der Waals surface area contributed by atoms with E-state index in [0.29, 0.717) is 13.2 Å². The molecule has 0 saturated carbocycles. The van der Waals surface area contributed by atoms with Crippen LogP contribution < -0.4 is 0 Å². The molecule has 0 bridgehead atoms. The molecule has 0 aliphatic rings. The first-order valence-electron chi connectivity index (χ1n) is 10.2. The van der Waals surface area contributed by atoms with Crippen molar-refractivity contribution < 1.29 is 19.4 Å². The van der Waals surface area contributed by atoms with E-state index >= 15 is 0 Å². The summed E-state index contributed by atoms with van der Waals surface area (Å²) in [5.41, 5.74) is 0. The van der Waals surface area contributed by atoms with Gasteiger partial charge in [-0.05, 0) is 13.3 Å². The molecule has 0 rings (SSSR count). The topological polar surface area (TPSA) is 55.8 Å². The predicted octanol–water partition coefficient (Wildman–Crippen LogP) is 5.93. The van der Waals surface area contributed by atoms with Gasteiger partial charge in [0.15, 0.2) is 0 Å². The molecule has 0 radical (unpaired) electrons. The highest BCUT2D eigenvalue weighted by Gasteiger charge is 2.17. The van der Waals surface area contributed by atoms with Crippen LogP contribution in [0.2, 0.25) is 0 Å². The SMILES string of the molecule is CCCCCCCCCCCCCCCCOC(OCC)C(=O)O. The van der Waals surface area contributed by atoms with E-state index in [2.05, 4.69) is 6.92 Å². The summed E-state index contributed by atoms with van der Waals surface area (Å²) in [7, 11) is 0. The lowest BCUT2D eigenvalue weighted by Crippen LogP contribution is -2.27. The fourth-order valence-electron chi connectivity index (χ4n) is 2.83. The van der Waals surface area contributed by atoms with E-state index in [9.17, 15) is 4.79 Å². The van der Waals surface area contributed by atoms with Crippen LogP contribution in [0.5, 0.6) is 0 Å². The zero-order valence-corrected chi connectivity index (χ0v) is 16.1. The summed E-state index contributed by atoms with van der Waals surface area (Å²) in [5, 5.41) is 8.87. The molecule has 0 aromatic rings. The van der Waals surface area contributed by atoms with Crippen LogP contribution in [0.1, 0.15) is 104 Å². The molecule has 1 N–H and O–H groups in total. The molecule has 0 saturated heterocycles. The third-order valence-corrected chi connectivity index (χ3v) is 4.29. The predicted molar refractivity (Wildman–Crippen MR) is 99.3 cm³/mol. The van der Waals surface area contributed by atoms with Gasteiger partial charge >= 0.3 is 5.97 Å². The van der Waals surface area contributed by atoms with Gasteiger partial charge in [-0.25, -0.2) is 4.79 Å². The lowest BCUT2D eigenvalue weighted by Gasteiger charge is -2.12. The Bertz CT molecular complexity index is 268. The van der Waals surface area contributed by atoms with Crippen LogP contribution in [0.4, 0.5) is 0 Å². The second-order valence-corrected chi connectivity index (χ2v) is 6.59. The highest BCUT2D eigenvalue weighted by Crippen LogP contribution is 2.13. The Labute approximate surface area is 149 Å². The standard InChI is InChI=1S/C20H40O4/c1-3-5-6-7-8-9-10-11-12-13-14-15-16-17-18-24-20(19(21)22)23-4-2/h20H,3-18H2,1-2H3,(H,21,22). The van der Waals surface area contributed by atoms with Crippen molar-refractivity contribution in [1.82, 2.24) is 0 Å². The lowest BCUT2D eigenvalue weighted by molar-refractivity contribution is -0.188. The van der Waals surface area contributed by atoms with Crippen molar-refractivity contribution in [1.29, 1.82) is 0 Å². The molecule has 0 fully saturated rings. The molecule has 1 atom stereocenters. The van der Waals surface area contributed by atoms with Crippen LogP contribution in [0.15, 0.2) is 0 Å². The first-order valence-corrected chi connectivity index (χ1v) is 10.2. The quantitative estimate of drug-likeness (QED) is 0.233. The minimum absolute atomic E-state index is 0.357. The van der Waals surface area contributed by atoms with Crippen LogP contribution in [0.3, 0.4) is 0 Å². The zero-order valence-electron chi connectivity index (χ0n) is 16.1. The van der Waals surface area contributed by atoms with E-state index in [1.165, 1.54) is 77.0 Å². The Balaban J connectivity index is 3.18. The molecular weight excluding hydrogens is 304 g/mol. The van der Waals surface area contributed by atoms with Gasteiger partial charge in [-0.15, -0.1) is 0 Å². The smallest absolute Gasteiger partial charge is 0.361 e. The second kappa shape index (κ2) is 18.7. The highest BCUT2D eigenvalue weighted by molar-refractivity contribution is 5.70. The van der Waals surface area contributed by atoms with Crippen molar-refractivity contribution >= 4 is 5.97 Å². The summed E-state index contributed by atoms with van der Waals surface area (Å²) < 4.78 is 10.2. The summed E-state index contributed by atoms with van der Waals surface area (Å²) in [6.45, 7) is 4.86. The molecule has 0 aromatic heterocycles. The maximum Gasteiger partial charge on any atom is 0.361 e. The molecule has 0 aliphatic carbocycles. The largest absolute Gasteiger partial charge is 0.477 e. The fraction of sp³-hybridized carbons (Fsp3) is 0.950. The van der Waals surface area contributed by atoms with Gasteiger partial charge in [-0.2, -0.15) is 0 Å². The maximum absolute atomic E-state index is 10.8. The van der Waals surface area contributed by atoms with Crippen LogP contribution in [0.25, 0.3) is 0 Å². The van der Waals surface area contributed by atoms with Gasteiger partial charge in [0.05, 0.1) is 6.61 Å². The van der Waals surface area contributed by atoms with E-state index in [1.54, 1.807) is 6.92 Å². The summed E-state index contributed by atoms with van der Waals surface area (Å²) in [6.07, 6.45) is 17.3. The van der Waals surface area contributed by atoms with E-state index in [0.717, 1.165) is 12.8 Å². The molecule has 0 spiro atoms. The molecule has 0 aromatic carbocycles. The Morgan fingerprint density at radius 3 is 1.50 bits per heavy atom. The number of rotatable bonds is 19. The van der Waals surface area contributed by atoms with Gasteiger partial charge in [0.25, 0.3) is 6.29 Å². The Morgan fingerprint density at radius 2 is 1.12 bits per heavy atom. The molecule has 0 aliphatic heterocycles. The Hall–Kier alpha value is -0.610. The number of hydrogen-bond donors (Lipinski definition) is 1. The highest BCUT2D eigenvalue weighted by atomic mass is 16.7. The zero-order chi connectivity index (χ0) is 17.9. The van der Waals surface area contributed by atoms with E-state index in [4.69, 9.17) is 14.6 Å². The molecule has 0 amide bonds. The fourth-order valence-corrected chi connectivity index (χ4v) is 2.83. The van der Waals surface area contributed by atoms with Gasteiger partial charge in [0.2, 0.25) is 0 Å². The number of carbonyl (C=O) groups is 1. The molecule has 1 unspecified atom stereocenters. The normalized spacial score (nSPS) is 12.4. The van der Waals surface area contributed by atoms with Gasteiger partial charge in [-0.1, -0.05) is 90.4 Å². The van der Waals surface area contributed by atoms with Gasteiger partial charge in [0.1, 0.15) is 0 Å². The number of carboxylic acid groups (broad SMARTS) is 1. The minimum Gasteiger partial charge on any atom is -0.477 e.